The molecule has 0 aliphatic carbocycles. The lowest BCUT2D eigenvalue weighted by atomic mass is 9.78. The molecule has 4 aromatic rings. The number of benzene rings is 4. The van der Waals surface area contributed by atoms with E-state index in [0.29, 0.717) is 0 Å². The zero-order valence-electron chi connectivity index (χ0n) is 22.0. The monoisotopic (exact) mass is 492 g/mol. The fourth-order valence-electron chi connectivity index (χ4n) is 5.44. The molecule has 2 heterocycles. The van der Waals surface area contributed by atoms with Gasteiger partial charge in [0, 0.05) is 19.6 Å². The molecule has 0 N–H and O–H groups in total. The molecule has 36 heavy (non-hydrogen) atoms. The molecule has 0 atom stereocenters. The van der Waals surface area contributed by atoms with Gasteiger partial charge in [0.1, 0.15) is 0 Å². The molecule has 6 rings (SSSR count). The second-order valence-corrected chi connectivity index (χ2v) is 14.1. The minimum absolute atomic E-state index is 0.405. The molecular formula is C32H33BO2S. The summed E-state index contributed by atoms with van der Waals surface area (Å²) in [7, 11) is -2.20. The van der Waals surface area contributed by atoms with E-state index in [1.165, 1.54) is 41.8 Å². The van der Waals surface area contributed by atoms with E-state index in [-0.39, 0.29) is 0 Å². The van der Waals surface area contributed by atoms with Crippen LogP contribution in [-0.4, -0.2) is 18.3 Å². The zero-order valence-corrected chi connectivity index (χ0v) is 22.8. The average Bonchev–Trinajstić information content (AvgIpc) is 3.27. The first kappa shape index (κ1) is 23.6. The first-order valence-electron chi connectivity index (χ1n) is 12.7. The van der Waals surface area contributed by atoms with E-state index in [9.17, 15) is 0 Å². The fourth-order valence-corrected chi connectivity index (χ4v) is 9.82. The van der Waals surface area contributed by atoms with E-state index < -0.39 is 28.3 Å². The van der Waals surface area contributed by atoms with E-state index in [1.807, 2.05) is 0 Å². The molecule has 0 saturated carbocycles. The molecule has 4 heteroatoms. The van der Waals surface area contributed by atoms with Crippen molar-refractivity contribution in [3.63, 3.8) is 0 Å². The van der Waals surface area contributed by atoms with Crippen molar-refractivity contribution in [2.24, 2.45) is 0 Å². The minimum atomic E-state index is -1.77. The highest BCUT2D eigenvalue weighted by Gasteiger charge is 2.54. The van der Waals surface area contributed by atoms with E-state index in [4.69, 9.17) is 9.31 Å². The number of hydrogen-bond donors (Lipinski definition) is 0. The number of hydrogen-bond acceptors (Lipinski definition) is 2. The Labute approximate surface area is 217 Å². The smallest absolute Gasteiger partial charge is 0.399 e. The van der Waals surface area contributed by atoms with Gasteiger partial charge < -0.3 is 9.31 Å². The Kier molecular flexibility index (Phi) is 5.32. The largest absolute Gasteiger partial charge is 0.495 e. The van der Waals surface area contributed by atoms with Gasteiger partial charge in [0.2, 0.25) is 0 Å². The van der Waals surface area contributed by atoms with Crippen molar-refractivity contribution >= 4 is 22.6 Å². The molecule has 2 aliphatic heterocycles. The maximum atomic E-state index is 6.67. The standard InChI is InChI=1S/C32H33BO2S/c1-22-14-18-24(19-15-22)36(25-20-16-23(2)17-21-25)29-13-8-7-10-26(29)27-11-9-12-28(30(27)36)33-34-31(3,4)32(5,6)35-33/h7-21H,1-6H3. The van der Waals surface area contributed by atoms with E-state index in [0.717, 1.165) is 5.46 Å². The maximum Gasteiger partial charge on any atom is 0.495 e. The highest BCUT2D eigenvalue weighted by Crippen LogP contribution is 2.79. The third kappa shape index (κ3) is 3.28. The number of rotatable bonds is 3. The first-order valence-corrected chi connectivity index (χ1v) is 14.3. The van der Waals surface area contributed by atoms with E-state index >= 15 is 0 Å². The van der Waals surface area contributed by atoms with Crippen LogP contribution in [0.15, 0.2) is 111 Å². The van der Waals surface area contributed by atoms with Gasteiger partial charge in [0.05, 0.1) is 11.2 Å². The van der Waals surface area contributed by atoms with Crippen LogP contribution >= 0.6 is 10.0 Å². The van der Waals surface area contributed by atoms with Gasteiger partial charge in [0.25, 0.3) is 0 Å². The molecule has 1 saturated heterocycles. The van der Waals surface area contributed by atoms with Crippen LogP contribution < -0.4 is 5.46 Å². The summed E-state index contributed by atoms with van der Waals surface area (Å²) in [5.41, 5.74) is 5.45. The van der Waals surface area contributed by atoms with Crippen LogP contribution in [0, 0.1) is 13.8 Å². The molecule has 2 nitrogen and oxygen atoms in total. The normalized spacial score (nSPS) is 19.6. The van der Waals surface area contributed by atoms with Crippen LogP contribution in [0.3, 0.4) is 0 Å². The van der Waals surface area contributed by atoms with Crippen LogP contribution in [0.2, 0.25) is 0 Å². The Balaban J connectivity index is 1.72. The summed E-state index contributed by atoms with van der Waals surface area (Å²) in [6.45, 7) is 12.8. The highest BCUT2D eigenvalue weighted by atomic mass is 32.3. The van der Waals surface area contributed by atoms with Crippen LogP contribution in [0.5, 0.6) is 0 Å². The van der Waals surface area contributed by atoms with Gasteiger partial charge in [-0.25, -0.2) is 0 Å². The van der Waals surface area contributed by atoms with Crippen molar-refractivity contribution in [3.8, 4) is 11.1 Å². The highest BCUT2D eigenvalue weighted by molar-refractivity contribution is 8.34. The number of aryl methyl sites for hydroxylation is 2. The predicted molar refractivity (Wildman–Crippen MR) is 151 cm³/mol. The summed E-state index contributed by atoms with van der Waals surface area (Å²) in [6.07, 6.45) is 0. The molecule has 0 aromatic heterocycles. The molecule has 2 aliphatic rings. The molecule has 0 spiro atoms. The maximum absolute atomic E-state index is 6.67. The molecule has 0 amide bonds. The lowest BCUT2D eigenvalue weighted by molar-refractivity contribution is 0.00578. The van der Waals surface area contributed by atoms with Crippen molar-refractivity contribution in [2.45, 2.75) is 72.3 Å². The summed E-state index contributed by atoms with van der Waals surface area (Å²) in [5.74, 6) is 0. The van der Waals surface area contributed by atoms with Crippen molar-refractivity contribution in [3.05, 3.63) is 102 Å². The first-order chi connectivity index (χ1) is 17.1. The van der Waals surface area contributed by atoms with Crippen molar-refractivity contribution in [2.75, 3.05) is 0 Å². The van der Waals surface area contributed by atoms with Crippen molar-refractivity contribution in [1.29, 1.82) is 0 Å². The number of fused-ring (bicyclic) bond motifs is 3. The van der Waals surface area contributed by atoms with E-state index in [1.54, 1.807) is 0 Å². The minimum Gasteiger partial charge on any atom is -0.399 e. The third-order valence-corrected chi connectivity index (χ3v) is 12.2. The molecule has 0 bridgehead atoms. The van der Waals surface area contributed by atoms with Gasteiger partial charge >= 0.3 is 7.12 Å². The van der Waals surface area contributed by atoms with Crippen molar-refractivity contribution < 1.29 is 9.31 Å². The van der Waals surface area contributed by atoms with Crippen LogP contribution in [0.1, 0.15) is 38.8 Å². The SMILES string of the molecule is Cc1ccc(S2(c3ccc(C)cc3)c3ccccc3-c3cccc(B4OC(C)(C)C(C)(C)O4)c32)cc1. The summed E-state index contributed by atoms with van der Waals surface area (Å²) in [5, 5.41) is 0. The molecule has 0 unspecified atom stereocenters. The molecule has 4 aromatic carbocycles. The Bertz CT molecular complexity index is 1390. The van der Waals surface area contributed by atoms with Gasteiger partial charge in [-0.2, -0.15) is 0 Å². The second kappa shape index (κ2) is 8.11. The lowest BCUT2D eigenvalue weighted by Crippen LogP contribution is -2.41. The Morgan fingerprint density at radius 1 is 0.583 bits per heavy atom. The summed E-state index contributed by atoms with van der Waals surface area (Å²) in [6, 6.07) is 33.9. The quantitative estimate of drug-likeness (QED) is 0.238. The Morgan fingerprint density at radius 2 is 1.08 bits per heavy atom. The van der Waals surface area contributed by atoms with Gasteiger partial charge in [-0.15, -0.1) is 10.0 Å². The zero-order chi connectivity index (χ0) is 25.3. The average molecular weight is 492 g/mol. The molecule has 182 valence electrons. The Hall–Kier alpha value is -2.79. The topological polar surface area (TPSA) is 18.5 Å². The van der Waals surface area contributed by atoms with Gasteiger partial charge in [-0.1, -0.05) is 71.8 Å². The molecule has 1 fully saturated rings. The molecule has 0 radical (unpaired) electrons. The van der Waals surface area contributed by atoms with Gasteiger partial charge in [-0.05, 0) is 88.5 Å². The van der Waals surface area contributed by atoms with Gasteiger partial charge in [0.15, 0.2) is 0 Å². The van der Waals surface area contributed by atoms with Crippen LogP contribution in [0.4, 0.5) is 0 Å². The molecular weight excluding hydrogens is 459 g/mol. The Morgan fingerprint density at radius 3 is 1.64 bits per heavy atom. The fraction of sp³-hybridized carbons (Fsp3) is 0.250. The summed E-state index contributed by atoms with van der Waals surface area (Å²) in [4.78, 5) is 5.41. The van der Waals surface area contributed by atoms with Crippen molar-refractivity contribution in [1.82, 2.24) is 0 Å². The van der Waals surface area contributed by atoms with Crippen LogP contribution in [-0.2, 0) is 9.31 Å². The van der Waals surface area contributed by atoms with Gasteiger partial charge in [-0.3, -0.25) is 0 Å². The van der Waals surface area contributed by atoms with Crippen LogP contribution in [0.25, 0.3) is 11.1 Å². The second-order valence-electron chi connectivity index (χ2n) is 11.0. The lowest BCUT2D eigenvalue weighted by Gasteiger charge is -2.40. The van der Waals surface area contributed by atoms with E-state index in [2.05, 4.69) is 133 Å². The summed E-state index contributed by atoms with van der Waals surface area (Å²) < 4.78 is 13.3. The summed E-state index contributed by atoms with van der Waals surface area (Å²) >= 11 is 0. The third-order valence-electron chi connectivity index (χ3n) is 8.12. The predicted octanol–water partition coefficient (Wildman–Crippen LogP) is 7.92.